The summed E-state index contributed by atoms with van der Waals surface area (Å²) in [6.07, 6.45) is 0.997. The normalized spacial score (nSPS) is 10.8. The second-order valence-corrected chi connectivity index (χ2v) is 5.05. The molecule has 0 atom stereocenters. The Bertz CT molecular complexity index is 549. The Labute approximate surface area is 111 Å². The van der Waals surface area contributed by atoms with Crippen molar-refractivity contribution in [2.75, 3.05) is 11.9 Å². The smallest absolute Gasteiger partial charge is 0.129 e. The van der Waals surface area contributed by atoms with Crippen molar-refractivity contribution in [2.24, 2.45) is 0 Å². The molecule has 1 aromatic heterocycles. The molecular weight excluding hydrogens is 276 g/mol. The van der Waals surface area contributed by atoms with Gasteiger partial charge in [-0.2, -0.15) is 0 Å². The molecule has 17 heavy (non-hydrogen) atoms. The largest absolute Gasteiger partial charge is 0.370 e. The number of rotatable bonds is 3. The Balaban J connectivity index is 2.69. The molecule has 90 valence electrons. The number of halogens is 1. The Kier molecular flexibility index (Phi) is 3.67. The molecule has 2 nitrogen and oxygen atoms in total. The maximum absolute atomic E-state index is 4.72. The number of pyridine rings is 1. The highest BCUT2D eigenvalue weighted by molar-refractivity contribution is 9.10. The monoisotopic (exact) mass is 292 g/mol. The maximum atomic E-state index is 4.72. The first kappa shape index (κ1) is 12.4. The predicted octanol–water partition coefficient (Wildman–Crippen LogP) is 4.30. The number of benzene rings is 1. The van der Waals surface area contributed by atoms with Crippen LogP contribution in [-0.4, -0.2) is 11.5 Å². The first-order valence-electron chi connectivity index (χ1n) is 5.99. The number of nitrogens with zero attached hydrogens (tertiary/aromatic N) is 1. The van der Waals surface area contributed by atoms with Crippen LogP contribution in [0.2, 0.25) is 0 Å². The van der Waals surface area contributed by atoms with Crippen LogP contribution in [0.1, 0.15) is 25.0 Å². The fourth-order valence-electron chi connectivity index (χ4n) is 2.02. The quantitative estimate of drug-likeness (QED) is 0.912. The number of aryl methyl sites for hydroxylation is 2. The molecular formula is C14H17BrN2. The summed E-state index contributed by atoms with van der Waals surface area (Å²) in [6, 6.07) is 6.52. The van der Waals surface area contributed by atoms with Crippen LogP contribution in [0.4, 0.5) is 5.82 Å². The molecule has 2 rings (SSSR count). The van der Waals surface area contributed by atoms with E-state index in [2.05, 4.69) is 60.2 Å². The molecule has 0 saturated carbocycles. The van der Waals surface area contributed by atoms with Gasteiger partial charge in [-0.25, -0.2) is 4.98 Å². The summed E-state index contributed by atoms with van der Waals surface area (Å²) < 4.78 is 1.06. The van der Waals surface area contributed by atoms with Gasteiger partial charge in [0.25, 0.3) is 0 Å². The Hall–Kier alpha value is -1.09. The Morgan fingerprint density at radius 3 is 2.65 bits per heavy atom. The lowest BCUT2D eigenvalue weighted by atomic mass is 10.1. The molecule has 0 radical (unpaired) electrons. The third-order valence-corrected chi connectivity index (χ3v) is 3.42. The SMILES string of the molecule is CCNc1nc2c(Br)cc(C)cc2cc1CC. The van der Waals surface area contributed by atoms with E-state index in [9.17, 15) is 0 Å². The molecule has 1 N–H and O–H groups in total. The number of anilines is 1. The van der Waals surface area contributed by atoms with Gasteiger partial charge in [-0.1, -0.05) is 6.92 Å². The zero-order valence-corrected chi connectivity index (χ0v) is 12.1. The fourth-order valence-corrected chi connectivity index (χ4v) is 2.70. The summed E-state index contributed by atoms with van der Waals surface area (Å²) in [5, 5.41) is 4.53. The van der Waals surface area contributed by atoms with Crippen LogP contribution in [-0.2, 0) is 6.42 Å². The van der Waals surface area contributed by atoms with E-state index in [1.807, 2.05) is 0 Å². The lowest BCUT2D eigenvalue weighted by Gasteiger charge is -2.11. The van der Waals surface area contributed by atoms with E-state index in [0.29, 0.717) is 0 Å². The van der Waals surface area contributed by atoms with Gasteiger partial charge in [0.1, 0.15) is 5.82 Å². The van der Waals surface area contributed by atoms with Gasteiger partial charge in [0.05, 0.1) is 5.52 Å². The third kappa shape index (κ3) is 2.44. The van der Waals surface area contributed by atoms with Crippen molar-refractivity contribution in [1.82, 2.24) is 4.98 Å². The van der Waals surface area contributed by atoms with Gasteiger partial charge in [-0.05, 0) is 65.5 Å². The van der Waals surface area contributed by atoms with Crippen LogP contribution in [0.15, 0.2) is 22.7 Å². The average molecular weight is 293 g/mol. The van der Waals surface area contributed by atoms with Crippen LogP contribution < -0.4 is 5.32 Å². The molecule has 0 bridgehead atoms. The molecule has 0 spiro atoms. The first-order chi connectivity index (χ1) is 8.15. The predicted molar refractivity (Wildman–Crippen MR) is 77.7 cm³/mol. The van der Waals surface area contributed by atoms with Gasteiger partial charge < -0.3 is 5.32 Å². The lowest BCUT2D eigenvalue weighted by Crippen LogP contribution is -2.03. The minimum absolute atomic E-state index is 0.898. The first-order valence-corrected chi connectivity index (χ1v) is 6.78. The highest BCUT2D eigenvalue weighted by Crippen LogP contribution is 2.28. The summed E-state index contributed by atoms with van der Waals surface area (Å²) in [4.78, 5) is 4.72. The van der Waals surface area contributed by atoms with E-state index in [1.54, 1.807) is 0 Å². The van der Waals surface area contributed by atoms with Gasteiger partial charge in [-0.15, -0.1) is 0 Å². The lowest BCUT2D eigenvalue weighted by molar-refractivity contribution is 1.08. The third-order valence-electron chi connectivity index (χ3n) is 2.82. The van der Waals surface area contributed by atoms with Gasteiger partial charge in [0.15, 0.2) is 0 Å². The Morgan fingerprint density at radius 2 is 2.00 bits per heavy atom. The molecule has 0 amide bonds. The van der Waals surface area contributed by atoms with Gasteiger partial charge in [0, 0.05) is 16.4 Å². The number of aromatic nitrogens is 1. The van der Waals surface area contributed by atoms with E-state index < -0.39 is 0 Å². The molecule has 0 saturated heterocycles. The zero-order valence-electron chi connectivity index (χ0n) is 10.5. The Morgan fingerprint density at radius 1 is 1.24 bits per heavy atom. The summed E-state index contributed by atoms with van der Waals surface area (Å²) in [5.74, 6) is 1.01. The number of nitrogens with one attached hydrogen (secondary N) is 1. The molecule has 0 aliphatic rings. The van der Waals surface area contributed by atoms with Gasteiger partial charge >= 0.3 is 0 Å². The number of fused-ring (bicyclic) bond motifs is 1. The van der Waals surface area contributed by atoms with Gasteiger partial charge in [-0.3, -0.25) is 0 Å². The summed E-state index contributed by atoms with van der Waals surface area (Å²) in [5.41, 5.74) is 3.56. The summed E-state index contributed by atoms with van der Waals surface area (Å²) in [6.45, 7) is 7.26. The van der Waals surface area contributed by atoms with E-state index in [-0.39, 0.29) is 0 Å². The molecule has 1 heterocycles. The molecule has 0 aliphatic carbocycles. The zero-order chi connectivity index (χ0) is 12.4. The maximum Gasteiger partial charge on any atom is 0.129 e. The highest BCUT2D eigenvalue weighted by atomic mass is 79.9. The minimum Gasteiger partial charge on any atom is -0.370 e. The summed E-state index contributed by atoms with van der Waals surface area (Å²) >= 11 is 3.59. The highest BCUT2D eigenvalue weighted by Gasteiger charge is 2.07. The van der Waals surface area contributed by atoms with Crippen LogP contribution in [0.5, 0.6) is 0 Å². The average Bonchev–Trinajstić information content (AvgIpc) is 2.29. The van der Waals surface area contributed by atoms with E-state index in [1.165, 1.54) is 16.5 Å². The molecule has 1 aromatic carbocycles. The second kappa shape index (κ2) is 5.05. The molecule has 0 unspecified atom stereocenters. The van der Waals surface area contributed by atoms with E-state index in [0.717, 1.165) is 28.8 Å². The topological polar surface area (TPSA) is 24.9 Å². The minimum atomic E-state index is 0.898. The van der Waals surface area contributed by atoms with Crippen molar-refractivity contribution in [3.05, 3.63) is 33.8 Å². The molecule has 2 aromatic rings. The van der Waals surface area contributed by atoms with Crippen molar-refractivity contribution in [2.45, 2.75) is 27.2 Å². The molecule has 0 fully saturated rings. The number of hydrogen-bond donors (Lipinski definition) is 1. The van der Waals surface area contributed by atoms with Crippen LogP contribution in [0.25, 0.3) is 10.9 Å². The van der Waals surface area contributed by atoms with Crippen LogP contribution in [0.3, 0.4) is 0 Å². The summed E-state index contributed by atoms with van der Waals surface area (Å²) in [7, 11) is 0. The fraction of sp³-hybridized carbons (Fsp3) is 0.357. The molecule has 3 heteroatoms. The van der Waals surface area contributed by atoms with Crippen LogP contribution >= 0.6 is 15.9 Å². The molecule has 0 aliphatic heterocycles. The second-order valence-electron chi connectivity index (χ2n) is 4.20. The van der Waals surface area contributed by atoms with Crippen molar-refractivity contribution in [3.63, 3.8) is 0 Å². The van der Waals surface area contributed by atoms with E-state index >= 15 is 0 Å². The van der Waals surface area contributed by atoms with Gasteiger partial charge in [0.2, 0.25) is 0 Å². The van der Waals surface area contributed by atoms with Crippen molar-refractivity contribution in [1.29, 1.82) is 0 Å². The van der Waals surface area contributed by atoms with Crippen molar-refractivity contribution >= 4 is 32.7 Å². The van der Waals surface area contributed by atoms with Crippen LogP contribution in [0, 0.1) is 6.92 Å². The standard InChI is InChI=1S/C14H17BrN2/c1-4-10-8-11-6-9(3)7-12(15)13(11)17-14(10)16-5-2/h6-8H,4-5H2,1-3H3,(H,16,17). The number of hydrogen-bond acceptors (Lipinski definition) is 2. The van der Waals surface area contributed by atoms with Crippen molar-refractivity contribution in [3.8, 4) is 0 Å². The van der Waals surface area contributed by atoms with Crippen molar-refractivity contribution < 1.29 is 0 Å². The van der Waals surface area contributed by atoms with E-state index in [4.69, 9.17) is 4.98 Å².